The van der Waals surface area contributed by atoms with Crippen LogP contribution in [0.1, 0.15) is 42.9 Å². The van der Waals surface area contributed by atoms with Crippen LogP contribution < -0.4 is 0 Å². The predicted octanol–water partition coefficient (Wildman–Crippen LogP) is 4.47. The molecular formula is C22H26O3. The Labute approximate surface area is 149 Å². The highest BCUT2D eigenvalue weighted by atomic mass is 16.4. The molecule has 3 nitrogen and oxygen atoms in total. The van der Waals surface area contributed by atoms with Crippen molar-refractivity contribution in [3.05, 3.63) is 71.3 Å². The molecule has 0 spiro atoms. The Morgan fingerprint density at radius 2 is 1.64 bits per heavy atom. The lowest BCUT2D eigenvalue weighted by atomic mass is 9.88. The van der Waals surface area contributed by atoms with Gasteiger partial charge in [-0.25, -0.2) is 0 Å². The molecule has 0 aromatic heterocycles. The number of aliphatic carboxylic acids is 1. The molecule has 132 valence electrons. The van der Waals surface area contributed by atoms with Crippen molar-refractivity contribution in [1.82, 2.24) is 0 Å². The highest BCUT2D eigenvalue weighted by molar-refractivity contribution is 5.81. The van der Waals surface area contributed by atoms with E-state index >= 15 is 0 Å². The zero-order chi connectivity index (χ0) is 18.1. The molecule has 1 unspecified atom stereocenters. The summed E-state index contributed by atoms with van der Waals surface area (Å²) in [5.74, 6) is -0.535. The smallest absolute Gasteiger partial charge is 0.307 e. The van der Waals surface area contributed by atoms with Crippen molar-refractivity contribution in [1.29, 1.82) is 0 Å². The van der Waals surface area contributed by atoms with Gasteiger partial charge in [-0.15, -0.1) is 0 Å². The first-order valence-electron chi connectivity index (χ1n) is 8.94. The molecule has 1 atom stereocenters. The monoisotopic (exact) mass is 338 g/mol. The quantitative estimate of drug-likeness (QED) is 0.695. The minimum absolute atomic E-state index is 0.00814. The molecule has 0 saturated carbocycles. The van der Waals surface area contributed by atoms with Gasteiger partial charge in [0.2, 0.25) is 0 Å². The Bertz CT molecular complexity index is 691. The third-order valence-electron chi connectivity index (χ3n) is 4.49. The molecule has 0 aliphatic rings. The number of carbonyl (C=O) groups excluding carboxylic acids is 1. The highest BCUT2D eigenvalue weighted by Crippen LogP contribution is 2.19. The fourth-order valence-corrected chi connectivity index (χ4v) is 3.19. The topological polar surface area (TPSA) is 54.4 Å². The van der Waals surface area contributed by atoms with Crippen LogP contribution in [-0.4, -0.2) is 16.9 Å². The number of hydrogen-bond acceptors (Lipinski definition) is 2. The van der Waals surface area contributed by atoms with Gasteiger partial charge < -0.3 is 5.11 Å². The van der Waals surface area contributed by atoms with Crippen LogP contribution in [0.2, 0.25) is 0 Å². The van der Waals surface area contributed by atoms with E-state index in [0.717, 1.165) is 30.4 Å². The second kappa shape index (κ2) is 9.77. The number of carboxylic acids is 1. The van der Waals surface area contributed by atoms with E-state index in [0.29, 0.717) is 12.8 Å². The van der Waals surface area contributed by atoms with E-state index < -0.39 is 5.97 Å². The zero-order valence-corrected chi connectivity index (χ0v) is 14.8. The van der Waals surface area contributed by atoms with Gasteiger partial charge in [0.1, 0.15) is 5.78 Å². The normalized spacial score (nSPS) is 11.9. The van der Waals surface area contributed by atoms with Gasteiger partial charge in [0, 0.05) is 12.3 Å². The molecule has 2 rings (SSSR count). The van der Waals surface area contributed by atoms with Crippen molar-refractivity contribution in [2.75, 3.05) is 0 Å². The lowest BCUT2D eigenvalue weighted by molar-refractivity contribution is -0.136. The predicted molar refractivity (Wildman–Crippen MR) is 99.7 cm³/mol. The van der Waals surface area contributed by atoms with E-state index in [4.69, 9.17) is 5.11 Å². The van der Waals surface area contributed by atoms with Gasteiger partial charge in [0.15, 0.2) is 0 Å². The van der Waals surface area contributed by atoms with E-state index in [1.807, 2.05) is 49.4 Å². The van der Waals surface area contributed by atoms with Gasteiger partial charge in [0.05, 0.1) is 6.42 Å². The Morgan fingerprint density at radius 3 is 2.32 bits per heavy atom. The molecule has 0 fully saturated rings. The molecule has 25 heavy (non-hydrogen) atoms. The molecule has 0 saturated heterocycles. The average Bonchev–Trinajstić information content (AvgIpc) is 2.61. The number of Topliss-reactive ketones (excluding diaryl/α,β-unsaturated/α-hetero) is 1. The average molecular weight is 338 g/mol. The summed E-state index contributed by atoms with van der Waals surface area (Å²) in [7, 11) is 0. The Hall–Kier alpha value is -2.42. The van der Waals surface area contributed by atoms with E-state index in [1.165, 1.54) is 5.56 Å². The summed E-state index contributed by atoms with van der Waals surface area (Å²) >= 11 is 0. The van der Waals surface area contributed by atoms with Gasteiger partial charge in [-0.2, -0.15) is 0 Å². The molecule has 0 heterocycles. The first-order valence-corrected chi connectivity index (χ1v) is 8.94. The fourth-order valence-electron chi connectivity index (χ4n) is 3.19. The molecule has 0 radical (unpaired) electrons. The molecule has 0 aliphatic carbocycles. The number of aryl methyl sites for hydroxylation is 1. The lowest BCUT2D eigenvalue weighted by Crippen LogP contribution is -2.17. The molecule has 2 aromatic carbocycles. The van der Waals surface area contributed by atoms with Gasteiger partial charge in [-0.05, 0) is 42.4 Å². The van der Waals surface area contributed by atoms with Crippen LogP contribution in [-0.2, 0) is 28.9 Å². The molecule has 0 amide bonds. The van der Waals surface area contributed by atoms with E-state index in [-0.39, 0.29) is 18.1 Å². The van der Waals surface area contributed by atoms with E-state index in [9.17, 15) is 9.59 Å². The fraction of sp³-hybridized carbons (Fsp3) is 0.364. The number of hydrogen-bond donors (Lipinski definition) is 1. The summed E-state index contributed by atoms with van der Waals surface area (Å²) < 4.78 is 0. The van der Waals surface area contributed by atoms with Crippen molar-refractivity contribution in [2.24, 2.45) is 5.92 Å². The third-order valence-corrected chi connectivity index (χ3v) is 4.49. The van der Waals surface area contributed by atoms with Gasteiger partial charge in [-0.3, -0.25) is 9.59 Å². The first-order chi connectivity index (χ1) is 12.1. The molecule has 3 heteroatoms. The van der Waals surface area contributed by atoms with Crippen LogP contribution in [0.5, 0.6) is 0 Å². The second-order valence-electron chi connectivity index (χ2n) is 6.49. The van der Waals surface area contributed by atoms with Crippen LogP contribution in [0.15, 0.2) is 54.6 Å². The molecule has 0 aliphatic heterocycles. The van der Waals surface area contributed by atoms with Crippen LogP contribution in [0.3, 0.4) is 0 Å². The SMILES string of the molecule is CCC(=O)C(CCCc1ccccc1)Cc1cccc(CC(=O)O)c1. The highest BCUT2D eigenvalue weighted by Gasteiger charge is 2.17. The van der Waals surface area contributed by atoms with Crippen molar-refractivity contribution < 1.29 is 14.7 Å². The van der Waals surface area contributed by atoms with Gasteiger partial charge in [-0.1, -0.05) is 61.5 Å². The summed E-state index contributed by atoms with van der Waals surface area (Å²) in [4.78, 5) is 23.2. The summed E-state index contributed by atoms with van der Waals surface area (Å²) in [6.45, 7) is 1.91. The zero-order valence-electron chi connectivity index (χ0n) is 14.8. The Balaban J connectivity index is 1.97. The number of benzene rings is 2. The maximum Gasteiger partial charge on any atom is 0.307 e. The number of ketones is 1. The maximum atomic E-state index is 12.3. The number of rotatable bonds is 10. The molecular weight excluding hydrogens is 312 g/mol. The van der Waals surface area contributed by atoms with Gasteiger partial charge >= 0.3 is 5.97 Å². The van der Waals surface area contributed by atoms with Crippen LogP contribution in [0.4, 0.5) is 0 Å². The van der Waals surface area contributed by atoms with E-state index in [1.54, 1.807) is 0 Å². The standard InChI is InChI=1S/C22H26O3/c1-2-21(23)20(13-7-10-17-8-4-3-5-9-17)15-18-11-6-12-19(14-18)16-22(24)25/h3-6,8-9,11-12,14,20H,2,7,10,13,15-16H2,1H3,(H,24,25). The molecule has 2 aromatic rings. The summed E-state index contributed by atoms with van der Waals surface area (Å²) in [5, 5.41) is 8.94. The van der Waals surface area contributed by atoms with Crippen LogP contribution >= 0.6 is 0 Å². The van der Waals surface area contributed by atoms with Crippen molar-refractivity contribution in [2.45, 2.75) is 45.4 Å². The minimum atomic E-state index is -0.832. The lowest BCUT2D eigenvalue weighted by Gasteiger charge is -2.16. The van der Waals surface area contributed by atoms with Crippen molar-refractivity contribution >= 4 is 11.8 Å². The molecule has 1 N–H and O–H groups in total. The van der Waals surface area contributed by atoms with Crippen molar-refractivity contribution in [3.63, 3.8) is 0 Å². The Kier molecular flexibility index (Phi) is 7.39. The summed E-state index contributed by atoms with van der Waals surface area (Å²) in [6.07, 6.45) is 4.08. The summed E-state index contributed by atoms with van der Waals surface area (Å²) in [5.41, 5.74) is 3.14. The van der Waals surface area contributed by atoms with Crippen LogP contribution in [0.25, 0.3) is 0 Å². The third kappa shape index (κ3) is 6.54. The number of carboxylic acid groups (broad SMARTS) is 1. The molecule has 0 bridgehead atoms. The largest absolute Gasteiger partial charge is 0.481 e. The second-order valence-corrected chi connectivity index (χ2v) is 6.49. The minimum Gasteiger partial charge on any atom is -0.481 e. The summed E-state index contributed by atoms with van der Waals surface area (Å²) in [6, 6.07) is 17.9. The Morgan fingerprint density at radius 1 is 0.960 bits per heavy atom. The van der Waals surface area contributed by atoms with Gasteiger partial charge in [0.25, 0.3) is 0 Å². The number of carbonyl (C=O) groups is 2. The van der Waals surface area contributed by atoms with Crippen LogP contribution in [0, 0.1) is 5.92 Å². The van der Waals surface area contributed by atoms with Crippen molar-refractivity contribution in [3.8, 4) is 0 Å². The van der Waals surface area contributed by atoms with E-state index in [2.05, 4.69) is 12.1 Å². The first kappa shape index (κ1) is 18.9. The maximum absolute atomic E-state index is 12.3.